The van der Waals surface area contributed by atoms with Crippen molar-refractivity contribution in [3.8, 4) is 0 Å². The van der Waals surface area contributed by atoms with Gasteiger partial charge in [0.05, 0.1) is 0 Å². The molecule has 0 aliphatic carbocycles. The van der Waals surface area contributed by atoms with Crippen molar-refractivity contribution in [3.63, 3.8) is 0 Å². The lowest BCUT2D eigenvalue weighted by molar-refractivity contribution is 0.145. The highest BCUT2D eigenvalue weighted by atomic mass is 28.5. The quantitative estimate of drug-likeness (QED) is 0.166. The van der Waals surface area contributed by atoms with Gasteiger partial charge in [-0.05, 0) is 128 Å². The first-order chi connectivity index (χ1) is 15.1. The molecule has 200 valence electrons. The summed E-state index contributed by atoms with van der Waals surface area (Å²) in [6.07, 6.45) is 3.72. The molecule has 33 heavy (non-hydrogen) atoms. The summed E-state index contributed by atoms with van der Waals surface area (Å²) >= 11 is 0. The SMILES string of the molecule is C[Si](C)(CCCN)O[Si](O[Si](C)(C)CCCN)(O[Si](C)(C)CCCN)O[Si](C)(C)CCCN. The van der Waals surface area contributed by atoms with E-state index in [2.05, 4.69) is 52.4 Å². The number of hydrogen-bond acceptors (Lipinski definition) is 8. The largest absolute Gasteiger partial charge is 0.636 e. The molecule has 0 saturated carbocycles. The van der Waals surface area contributed by atoms with E-state index in [-0.39, 0.29) is 0 Å². The van der Waals surface area contributed by atoms with Crippen LogP contribution >= 0.6 is 0 Å². The Labute approximate surface area is 209 Å². The van der Waals surface area contributed by atoms with Gasteiger partial charge in [0, 0.05) is 0 Å². The van der Waals surface area contributed by atoms with E-state index in [4.69, 9.17) is 39.4 Å². The second kappa shape index (κ2) is 15.1. The number of nitrogens with two attached hydrogens (primary N) is 4. The highest BCUT2D eigenvalue weighted by Crippen LogP contribution is 2.34. The van der Waals surface area contributed by atoms with Gasteiger partial charge in [0.1, 0.15) is 0 Å². The Morgan fingerprint density at radius 2 is 0.576 bits per heavy atom. The Balaban J connectivity index is 6.34. The lowest BCUT2D eigenvalue weighted by atomic mass is 10.5. The summed E-state index contributed by atoms with van der Waals surface area (Å²) in [5.74, 6) is 0. The molecule has 0 saturated heterocycles. The molecule has 8 nitrogen and oxygen atoms in total. The van der Waals surface area contributed by atoms with Crippen molar-refractivity contribution in [2.45, 2.75) is 102 Å². The van der Waals surface area contributed by atoms with Crippen LogP contribution in [-0.2, 0) is 16.5 Å². The Hall–Kier alpha value is 0.764. The van der Waals surface area contributed by atoms with Crippen LogP contribution in [0.4, 0.5) is 0 Å². The van der Waals surface area contributed by atoms with Crippen LogP contribution in [0.25, 0.3) is 0 Å². The van der Waals surface area contributed by atoms with Crippen molar-refractivity contribution in [2.24, 2.45) is 22.9 Å². The third-order valence-electron chi connectivity index (χ3n) is 5.54. The summed E-state index contributed by atoms with van der Waals surface area (Å²) < 4.78 is 28.2. The topological polar surface area (TPSA) is 141 Å². The van der Waals surface area contributed by atoms with Crippen LogP contribution < -0.4 is 22.9 Å². The summed E-state index contributed by atoms with van der Waals surface area (Å²) in [7, 11) is -12.1. The maximum absolute atomic E-state index is 7.04. The minimum Gasteiger partial charge on any atom is -0.396 e. The molecule has 0 aliphatic rings. The van der Waals surface area contributed by atoms with E-state index >= 15 is 0 Å². The van der Waals surface area contributed by atoms with E-state index in [0.717, 1.165) is 49.9 Å². The molecule has 0 aromatic rings. The minimum absolute atomic E-state index is 0.654. The maximum Gasteiger partial charge on any atom is 0.636 e. The minimum atomic E-state index is -3.45. The Kier molecular flexibility index (Phi) is 15.5. The van der Waals surface area contributed by atoms with E-state index < -0.39 is 42.3 Å². The Morgan fingerprint density at radius 3 is 0.727 bits per heavy atom. The van der Waals surface area contributed by atoms with Crippen LogP contribution in [0.3, 0.4) is 0 Å². The van der Waals surface area contributed by atoms with Gasteiger partial charge in [-0.25, -0.2) is 0 Å². The van der Waals surface area contributed by atoms with E-state index in [0.29, 0.717) is 26.2 Å². The molecule has 0 heterocycles. The highest BCUT2D eigenvalue weighted by molar-refractivity contribution is 6.92. The molecular formula is C20H56N4O4Si5. The molecule has 0 aliphatic heterocycles. The third kappa shape index (κ3) is 15.5. The normalized spacial score (nSPS) is 14.2. The fourth-order valence-corrected chi connectivity index (χ4v) is 23.7. The van der Waals surface area contributed by atoms with E-state index in [1.807, 2.05) is 0 Å². The second-order valence-electron chi connectivity index (χ2n) is 11.5. The number of rotatable bonds is 20. The van der Waals surface area contributed by atoms with Gasteiger partial charge in [0.25, 0.3) is 0 Å². The zero-order chi connectivity index (χ0) is 25.8. The van der Waals surface area contributed by atoms with Gasteiger partial charge in [0.15, 0.2) is 33.3 Å². The molecule has 0 rings (SSSR count). The van der Waals surface area contributed by atoms with Crippen molar-refractivity contribution < 1.29 is 16.5 Å². The fourth-order valence-electron chi connectivity index (χ4n) is 3.79. The Bertz CT molecular complexity index is 449. The summed E-state index contributed by atoms with van der Waals surface area (Å²) in [6, 6.07) is 3.81. The molecule has 0 unspecified atom stereocenters. The van der Waals surface area contributed by atoms with E-state index in [9.17, 15) is 0 Å². The van der Waals surface area contributed by atoms with Crippen molar-refractivity contribution in [1.82, 2.24) is 0 Å². The van der Waals surface area contributed by atoms with Gasteiger partial charge in [-0.1, -0.05) is 0 Å². The second-order valence-corrected chi connectivity index (χ2v) is 31.9. The van der Waals surface area contributed by atoms with Crippen LogP contribution in [0.2, 0.25) is 76.6 Å². The third-order valence-corrected chi connectivity index (χ3v) is 24.6. The monoisotopic (exact) mass is 556 g/mol. The smallest absolute Gasteiger partial charge is 0.396 e. The van der Waals surface area contributed by atoms with Crippen LogP contribution in [0.1, 0.15) is 25.7 Å². The predicted octanol–water partition coefficient (Wildman–Crippen LogP) is 3.70. The number of hydrogen-bond donors (Lipinski definition) is 4. The molecule has 8 N–H and O–H groups in total. The predicted molar refractivity (Wildman–Crippen MR) is 154 cm³/mol. The molecule has 0 aromatic heterocycles. The van der Waals surface area contributed by atoms with Crippen molar-refractivity contribution in [2.75, 3.05) is 26.2 Å². The molecule has 13 heteroatoms. The van der Waals surface area contributed by atoms with Gasteiger partial charge in [-0.3, -0.25) is 0 Å². The molecule has 0 radical (unpaired) electrons. The summed E-state index contributed by atoms with van der Waals surface area (Å²) in [4.78, 5) is 0. The van der Waals surface area contributed by atoms with Crippen molar-refractivity contribution in [3.05, 3.63) is 0 Å². The van der Waals surface area contributed by atoms with Crippen molar-refractivity contribution in [1.29, 1.82) is 0 Å². The average molecular weight is 557 g/mol. The first-order valence-electron chi connectivity index (χ1n) is 12.7. The van der Waals surface area contributed by atoms with Crippen LogP contribution in [0, 0.1) is 0 Å². The van der Waals surface area contributed by atoms with Gasteiger partial charge in [-0.15, -0.1) is 0 Å². The molecule has 0 bridgehead atoms. The molecule has 0 fully saturated rings. The van der Waals surface area contributed by atoms with E-state index in [1.54, 1.807) is 0 Å². The average Bonchev–Trinajstić information content (AvgIpc) is 2.66. The van der Waals surface area contributed by atoms with Crippen molar-refractivity contribution >= 4 is 42.3 Å². The summed E-state index contributed by atoms with van der Waals surface area (Å²) in [6.45, 7) is 20.5. The van der Waals surface area contributed by atoms with Crippen LogP contribution in [-0.4, -0.2) is 68.5 Å². The Morgan fingerprint density at radius 1 is 0.394 bits per heavy atom. The zero-order valence-electron chi connectivity index (χ0n) is 22.9. The maximum atomic E-state index is 7.04. The molecule has 0 spiro atoms. The molecular weight excluding hydrogens is 501 g/mol. The first-order valence-corrected chi connectivity index (χ1v) is 26.8. The van der Waals surface area contributed by atoms with Gasteiger partial charge < -0.3 is 39.4 Å². The fraction of sp³-hybridized carbons (Fsp3) is 1.00. The van der Waals surface area contributed by atoms with Crippen LogP contribution in [0.5, 0.6) is 0 Å². The standard InChI is InChI=1S/C20H56N4O4Si5/c1-29(2,17-9-13-21)25-33(26-30(3,4)18-10-14-22,27-31(5,6)19-11-15-23)28-32(7,8)20-12-16-24/h9-24H2,1-8H3. The lowest BCUT2D eigenvalue weighted by Crippen LogP contribution is -2.66. The van der Waals surface area contributed by atoms with E-state index in [1.165, 1.54) is 0 Å². The van der Waals surface area contributed by atoms with Gasteiger partial charge in [-0.2, -0.15) is 0 Å². The molecule has 0 amide bonds. The summed E-state index contributed by atoms with van der Waals surface area (Å²) in [5.41, 5.74) is 23.4. The first kappa shape index (κ1) is 33.8. The highest BCUT2D eigenvalue weighted by Gasteiger charge is 2.57. The summed E-state index contributed by atoms with van der Waals surface area (Å²) in [5, 5.41) is 0. The van der Waals surface area contributed by atoms with Gasteiger partial charge in [0.2, 0.25) is 0 Å². The van der Waals surface area contributed by atoms with Crippen LogP contribution in [0.15, 0.2) is 0 Å². The lowest BCUT2D eigenvalue weighted by Gasteiger charge is -2.46. The zero-order valence-corrected chi connectivity index (χ0v) is 27.9. The molecule has 0 aromatic carbocycles. The van der Waals surface area contributed by atoms with Gasteiger partial charge >= 0.3 is 9.05 Å². The molecule has 0 atom stereocenters.